The van der Waals surface area contributed by atoms with Crippen LogP contribution < -0.4 is 15.0 Å². The Bertz CT molecular complexity index is 422. The fourth-order valence-electron chi connectivity index (χ4n) is 1.20. The van der Waals surface area contributed by atoms with Gasteiger partial charge in [0.15, 0.2) is 6.61 Å². The molecule has 0 atom stereocenters. The molecule has 0 aliphatic heterocycles. The number of carbonyl (C=O) groups excluding carboxylic acids is 1. The zero-order valence-corrected chi connectivity index (χ0v) is 10.1. The van der Waals surface area contributed by atoms with Gasteiger partial charge in [-0.15, -0.1) is 6.42 Å². The molecule has 0 aromatic heterocycles. The highest BCUT2D eigenvalue weighted by molar-refractivity contribution is 5.77. The van der Waals surface area contributed by atoms with E-state index in [4.69, 9.17) is 11.2 Å². The summed E-state index contributed by atoms with van der Waals surface area (Å²) in [4.78, 5) is 13.2. The zero-order chi connectivity index (χ0) is 12.7. The molecule has 0 saturated heterocycles. The fourth-order valence-corrected chi connectivity index (χ4v) is 1.20. The molecular formula is C13H16N2O2. The molecule has 0 saturated carbocycles. The minimum absolute atomic E-state index is 0.0292. The number of rotatable bonds is 5. The molecule has 1 N–H and O–H groups in total. The van der Waals surface area contributed by atoms with Gasteiger partial charge in [-0.1, -0.05) is 12.0 Å². The molecular weight excluding hydrogens is 216 g/mol. The summed E-state index contributed by atoms with van der Waals surface area (Å²) in [5.74, 6) is 2.76. The van der Waals surface area contributed by atoms with Crippen molar-refractivity contribution in [3.05, 3.63) is 24.3 Å². The second-order valence-electron chi connectivity index (χ2n) is 3.66. The van der Waals surface area contributed by atoms with E-state index < -0.39 is 0 Å². The van der Waals surface area contributed by atoms with Crippen molar-refractivity contribution in [1.29, 1.82) is 0 Å². The highest BCUT2D eigenvalue weighted by Gasteiger charge is 2.02. The molecule has 4 heteroatoms. The van der Waals surface area contributed by atoms with Gasteiger partial charge >= 0.3 is 0 Å². The third kappa shape index (κ3) is 4.47. The maximum Gasteiger partial charge on any atom is 0.258 e. The summed E-state index contributed by atoms with van der Waals surface area (Å²) in [6.45, 7) is 0.193. The first-order valence-electron chi connectivity index (χ1n) is 5.24. The van der Waals surface area contributed by atoms with Crippen LogP contribution in [0.2, 0.25) is 0 Å². The first-order chi connectivity index (χ1) is 8.13. The number of nitrogens with zero attached hydrogens (tertiary/aromatic N) is 1. The largest absolute Gasteiger partial charge is 0.484 e. The number of terminal acetylenes is 1. The van der Waals surface area contributed by atoms with Crippen molar-refractivity contribution in [2.45, 2.75) is 0 Å². The number of nitrogens with one attached hydrogen (secondary N) is 1. The van der Waals surface area contributed by atoms with Gasteiger partial charge < -0.3 is 15.0 Å². The lowest BCUT2D eigenvalue weighted by molar-refractivity contribution is -0.122. The van der Waals surface area contributed by atoms with Gasteiger partial charge in [-0.25, -0.2) is 0 Å². The van der Waals surface area contributed by atoms with E-state index in [1.165, 1.54) is 0 Å². The van der Waals surface area contributed by atoms with Crippen LogP contribution in [0, 0.1) is 12.3 Å². The van der Waals surface area contributed by atoms with Crippen molar-refractivity contribution in [3.63, 3.8) is 0 Å². The van der Waals surface area contributed by atoms with Gasteiger partial charge in [0.1, 0.15) is 5.75 Å². The number of hydrogen-bond acceptors (Lipinski definition) is 3. The van der Waals surface area contributed by atoms with Gasteiger partial charge in [-0.3, -0.25) is 4.79 Å². The van der Waals surface area contributed by atoms with E-state index >= 15 is 0 Å². The maximum atomic E-state index is 11.3. The number of benzene rings is 1. The maximum absolute atomic E-state index is 11.3. The van der Waals surface area contributed by atoms with Crippen LogP contribution in [0.15, 0.2) is 24.3 Å². The van der Waals surface area contributed by atoms with E-state index in [1.54, 1.807) is 0 Å². The van der Waals surface area contributed by atoms with E-state index in [-0.39, 0.29) is 19.1 Å². The summed E-state index contributed by atoms with van der Waals surface area (Å²) in [6.07, 6.45) is 5.03. The first-order valence-corrected chi connectivity index (χ1v) is 5.24. The van der Waals surface area contributed by atoms with Crippen LogP contribution in [0.4, 0.5) is 5.69 Å². The Labute approximate surface area is 102 Å². The predicted molar refractivity (Wildman–Crippen MR) is 68.1 cm³/mol. The molecule has 17 heavy (non-hydrogen) atoms. The molecule has 4 nitrogen and oxygen atoms in total. The number of hydrogen-bond donors (Lipinski definition) is 1. The van der Waals surface area contributed by atoms with Crippen molar-refractivity contribution < 1.29 is 9.53 Å². The van der Waals surface area contributed by atoms with Crippen molar-refractivity contribution in [3.8, 4) is 18.1 Å². The van der Waals surface area contributed by atoms with E-state index in [1.807, 2.05) is 43.3 Å². The van der Waals surface area contributed by atoms with Gasteiger partial charge in [-0.05, 0) is 12.1 Å². The van der Waals surface area contributed by atoms with Gasteiger partial charge in [0.2, 0.25) is 0 Å². The van der Waals surface area contributed by atoms with Crippen molar-refractivity contribution in [2.24, 2.45) is 0 Å². The van der Waals surface area contributed by atoms with Crippen LogP contribution >= 0.6 is 0 Å². The van der Waals surface area contributed by atoms with E-state index in [0.29, 0.717) is 5.75 Å². The molecule has 0 spiro atoms. The summed E-state index contributed by atoms with van der Waals surface area (Å²) < 4.78 is 5.35. The minimum Gasteiger partial charge on any atom is -0.484 e. The summed E-state index contributed by atoms with van der Waals surface area (Å²) >= 11 is 0. The summed E-state index contributed by atoms with van der Waals surface area (Å²) in [5.41, 5.74) is 1.02. The lowest BCUT2D eigenvalue weighted by Crippen LogP contribution is -2.29. The van der Waals surface area contributed by atoms with Gasteiger partial charge in [0.25, 0.3) is 5.91 Å². The van der Waals surface area contributed by atoms with Crippen LogP contribution in [0.25, 0.3) is 0 Å². The highest BCUT2D eigenvalue weighted by Crippen LogP contribution is 2.18. The van der Waals surface area contributed by atoms with Crippen LogP contribution in [-0.2, 0) is 4.79 Å². The number of ether oxygens (including phenoxy) is 1. The molecule has 1 aromatic carbocycles. The lowest BCUT2D eigenvalue weighted by Gasteiger charge is -2.13. The Kier molecular flexibility index (Phi) is 4.89. The number of carbonyl (C=O) groups is 1. The fraction of sp³-hybridized carbons (Fsp3) is 0.308. The molecule has 0 bridgehead atoms. The predicted octanol–water partition coefficient (Wildman–Crippen LogP) is 0.881. The van der Waals surface area contributed by atoms with E-state index in [9.17, 15) is 4.79 Å². The monoisotopic (exact) mass is 232 g/mol. The van der Waals surface area contributed by atoms with Gasteiger partial charge in [0.05, 0.1) is 6.54 Å². The van der Waals surface area contributed by atoms with Crippen LogP contribution in [0.5, 0.6) is 5.75 Å². The normalized spacial score (nSPS) is 9.24. The molecule has 0 unspecified atom stereocenters. The molecule has 0 heterocycles. The van der Waals surface area contributed by atoms with Crippen LogP contribution in [-0.4, -0.2) is 33.2 Å². The van der Waals surface area contributed by atoms with Crippen molar-refractivity contribution in [2.75, 3.05) is 32.1 Å². The van der Waals surface area contributed by atoms with E-state index in [0.717, 1.165) is 5.69 Å². The average molecular weight is 232 g/mol. The number of anilines is 1. The Morgan fingerprint density at radius 3 is 2.94 bits per heavy atom. The minimum atomic E-state index is -0.224. The SMILES string of the molecule is C#CCNC(=O)COc1cccc(N(C)C)c1. The Morgan fingerprint density at radius 2 is 2.29 bits per heavy atom. The van der Waals surface area contributed by atoms with Gasteiger partial charge in [0, 0.05) is 25.8 Å². The highest BCUT2D eigenvalue weighted by atomic mass is 16.5. The standard InChI is InChI=1S/C13H16N2O2/c1-4-8-14-13(16)10-17-12-7-5-6-11(9-12)15(2)3/h1,5-7,9H,8,10H2,2-3H3,(H,14,16). The lowest BCUT2D eigenvalue weighted by atomic mass is 10.3. The summed E-state index contributed by atoms with van der Waals surface area (Å²) in [7, 11) is 3.89. The van der Waals surface area contributed by atoms with Gasteiger partial charge in [-0.2, -0.15) is 0 Å². The molecule has 1 aromatic rings. The van der Waals surface area contributed by atoms with E-state index in [2.05, 4.69) is 11.2 Å². The average Bonchev–Trinajstić information content (AvgIpc) is 2.34. The smallest absolute Gasteiger partial charge is 0.258 e. The number of amides is 1. The van der Waals surface area contributed by atoms with Crippen molar-refractivity contribution >= 4 is 11.6 Å². The molecule has 0 aliphatic rings. The topological polar surface area (TPSA) is 41.6 Å². The molecule has 0 radical (unpaired) electrons. The van der Waals surface area contributed by atoms with Crippen LogP contribution in [0.3, 0.4) is 0 Å². The second kappa shape index (κ2) is 6.44. The molecule has 1 rings (SSSR count). The molecule has 1 amide bonds. The molecule has 0 fully saturated rings. The zero-order valence-electron chi connectivity index (χ0n) is 10.1. The van der Waals surface area contributed by atoms with Crippen LogP contribution in [0.1, 0.15) is 0 Å². The first kappa shape index (κ1) is 12.9. The quantitative estimate of drug-likeness (QED) is 0.766. The molecule has 0 aliphatic carbocycles. The third-order valence-corrected chi connectivity index (χ3v) is 2.09. The van der Waals surface area contributed by atoms with Crippen molar-refractivity contribution in [1.82, 2.24) is 5.32 Å². The molecule has 90 valence electrons. The third-order valence-electron chi connectivity index (χ3n) is 2.09. The Hall–Kier alpha value is -2.15. The Morgan fingerprint density at radius 1 is 1.53 bits per heavy atom. The summed E-state index contributed by atoms with van der Waals surface area (Å²) in [5, 5.41) is 2.53. The Balaban J connectivity index is 2.49. The second-order valence-corrected chi connectivity index (χ2v) is 3.66. The summed E-state index contributed by atoms with van der Waals surface area (Å²) in [6, 6.07) is 7.52.